The van der Waals surface area contributed by atoms with Gasteiger partial charge in [-0.15, -0.1) is 0 Å². The van der Waals surface area contributed by atoms with Crippen molar-refractivity contribution < 1.29 is 4.74 Å². The highest BCUT2D eigenvalue weighted by molar-refractivity contribution is 4.87. The quantitative estimate of drug-likeness (QED) is 0.794. The van der Waals surface area contributed by atoms with Crippen LogP contribution in [0.25, 0.3) is 0 Å². The molecule has 17 heavy (non-hydrogen) atoms. The van der Waals surface area contributed by atoms with Gasteiger partial charge >= 0.3 is 0 Å². The fourth-order valence-corrected chi connectivity index (χ4v) is 3.71. The summed E-state index contributed by atoms with van der Waals surface area (Å²) in [6.45, 7) is 6.60. The minimum atomic E-state index is 0.621. The van der Waals surface area contributed by atoms with Crippen LogP contribution in [0.5, 0.6) is 0 Å². The molecule has 0 aromatic heterocycles. The lowest BCUT2D eigenvalue weighted by Gasteiger charge is -2.41. The zero-order chi connectivity index (χ0) is 12.0. The van der Waals surface area contributed by atoms with E-state index in [4.69, 9.17) is 4.74 Å². The Kier molecular flexibility index (Phi) is 5.30. The molecule has 2 nitrogen and oxygen atoms in total. The van der Waals surface area contributed by atoms with Gasteiger partial charge in [-0.25, -0.2) is 0 Å². The molecule has 0 spiro atoms. The van der Waals surface area contributed by atoms with Crippen molar-refractivity contribution in [3.63, 3.8) is 0 Å². The van der Waals surface area contributed by atoms with Crippen LogP contribution in [0.1, 0.15) is 58.3 Å². The molecule has 0 bridgehead atoms. The first kappa shape index (κ1) is 13.4. The van der Waals surface area contributed by atoms with Gasteiger partial charge in [0.05, 0.1) is 0 Å². The van der Waals surface area contributed by atoms with E-state index in [1.807, 2.05) is 0 Å². The standard InChI is InChI=1S/C15H29NO/c1-2-16-13-15(8-4-3-5-9-15)12-14-6-10-17-11-7-14/h14,16H,2-13H2,1H3. The van der Waals surface area contributed by atoms with E-state index in [1.165, 1.54) is 57.9 Å². The lowest BCUT2D eigenvalue weighted by molar-refractivity contribution is 0.0375. The van der Waals surface area contributed by atoms with Crippen molar-refractivity contribution in [2.75, 3.05) is 26.3 Å². The van der Waals surface area contributed by atoms with Crippen molar-refractivity contribution in [3.8, 4) is 0 Å². The summed E-state index contributed by atoms with van der Waals surface area (Å²) in [5.41, 5.74) is 0.621. The van der Waals surface area contributed by atoms with Gasteiger partial charge in [0.25, 0.3) is 0 Å². The van der Waals surface area contributed by atoms with Gasteiger partial charge in [0.2, 0.25) is 0 Å². The normalized spacial score (nSPS) is 25.9. The van der Waals surface area contributed by atoms with Gasteiger partial charge in [-0.2, -0.15) is 0 Å². The summed E-state index contributed by atoms with van der Waals surface area (Å²) < 4.78 is 5.49. The van der Waals surface area contributed by atoms with Crippen LogP contribution in [0.2, 0.25) is 0 Å². The summed E-state index contributed by atoms with van der Waals surface area (Å²) in [6.07, 6.45) is 11.3. The maximum atomic E-state index is 5.49. The SMILES string of the molecule is CCNCC1(CC2CCOCC2)CCCCC1. The molecule has 2 rings (SSSR count). The second-order valence-electron chi connectivity index (χ2n) is 6.10. The molecule has 1 aliphatic heterocycles. The van der Waals surface area contributed by atoms with Crippen LogP contribution in [-0.2, 0) is 4.74 Å². The Morgan fingerprint density at radius 3 is 2.47 bits per heavy atom. The Morgan fingerprint density at radius 2 is 1.82 bits per heavy atom. The molecule has 2 fully saturated rings. The molecule has 0 aromatic rings. The van der Waals surface area contributed by atoms with Crippen molar-refractivity contribution >= 4 is 0 Å². The molecule has 1 heterocycles. The van der Waals surface area contributed by atoms with E-state index in [2.05, 4.69) is 12.2 Å². The predicted octanol–water partition coefficient (Wildman–Crippen LogP) is 3.36. The van der Waals surface area contributed by atoms with E-state index in [0.29, 0.717) is 5.41 Å². The van der Waals surface area contributed by atoms with Crippen LogP contribution < -0.4 is 5.32 Å². The van der Waals surface area contributed by atoms with E-state index < -0.39 is 0 Å². The first-order valence-electron chi connectivity index (χ1n) is 7.63. The van der Waals surface area contributed by atoms with Gasteiger partial charge in [0.1, 0.15) is 0 Å². The van der Waals surface area contributed by atoms with Gasteiger partial charge in [-0.05, 0) is 50.0 Å². The maximum Gasteiger partial charge on any atom is 0.0468 e. The zero-order valence-electron chi connectivity index (χ0n) is 11.5. The van der Waals surface area contributed by atoms with Crippen LogP contribution in [0, 0.1) is 11.3 Å². The average Bonchev–Trinajstić information content (AvgIpc) is 2.39. The third-order valence-electron chi connectivity index (χ3n) is 4.73. The van der Waals surface area contributed by atoms with Gasteiger partial charge in [0, 0.05) is 19.8 Å². The lowest BCUT2D eigenvalue weighted by Crippen LogP contribution is -2.38. The van der Waals surface area contributed by atoms with Crippen LogP contribution in [0.3, 0.4) is 0 Å². The van der Waals surface area contributed by atoms with Crippen molar-refractivity contribution in [1.29, 1.82) is 0 Å². The van der Waals surface area contributed by atoms with E-state index in [-0.39, 0.29) is 0 Å². The molecule has 0 amide bonds. The van der Waals surface area contributed by atoms with Crippen molar-refractivity contribution in [2.24, 2.45) is 11.3 Å². The Morgan fingerprint density at radius 1 is 1.12 bits per heavy atom. The molecule has 2 aliphatic rings. The van der Waals surface area contributed by atoms with Crippen molar-refractivity contribution in [1.82, 2.24) is 5.32 Å². The summed E-state index contributed by atoms with van der Waals surface area (Å²) >= 11 is 0. The van der Waals surface area contributed by atoms with Crippen LogP contribution in [0.4, 0.5) is 0 Å². The number of rotatable bonds is 5. The van der Waals surface area contributed by atoms with Crippen molar-refractivity contribution in [2.45, 2.75) is 58.3 Å². The summed E-state index contributed by atoms with van der Waals surface area (Å²) in [5.74, 6) is 0.931. The molecule has 1 aliphatic carbocycles. The second kappa shape index (κ2) is 6.75. The summed E-state index contributed by atoms with van der Waals surface area (Å²) in [5, 5.41) is 3.62. The van der Waals surface area contributed by atoms with E-state index in [0.717, 1.165) is 25.7 Å². The predicted molar refractivity (Wildman–Crippen MR) is 72.2 cm³/mol. The smallest absolute Gasteiger partial charge is 0.0468 e. The Labute approximate surface area is 107 Å². The van der Waals surface area contributed by atoms with Crippen LogP contribution in [0.15, 0.2) is 0 Å². The first-order valence-corrected chi connectivity index (χ1v) is 7.63. The largest absolute Gasteiger partial charge is 0.381 e. The van der Waals surface area contributed by atoms with E-state index in [9.17, 15) is 0 Å². The van der Waals surface area contributed by atoms with E-state index in [1.54, 1.807) is 0 Å². The number of nitrogens with one attached hydrogen (secondary N) is 1. The Hall–Kier alpha value is -0.0800. The second-order valence-corrected chi connectivity index (χ2v) is 6.10. The molecule has 0 unspecified atom stereocenters. The topological polar surface area (TPSA) is 21.3 Å². The van der Waals surface area contributed by atoms with Crippen molar-refractivity contribution in [3.05, 3.63) is 0 Å². The highest BCUT2D eigenvalue weighted by atomic mass is 16.5. The molecule has 0 atom stereocenters. The zero-order valence-corrected chi connectivity index (χ0v) is 11.5. The Balaban J connectivity index is 1.88. The molecule has 2 heteroatoms. The maximum absolute atomic E-state index is 5.49. The summed E-state index contributed by atoms with van der Waals surface area (Å²) in [7, 11) is 0. The minimum absolute atomic E-state index is 0.621. The fourth-order valence-electron chi connectivity index (χ4n) is 3.71. The molecule has 1 N–H and O–H groups in total. The molecule has 0 aromatic carbocycles. The minimum Gasteiger partial charge on any atom is -0.381 e. The number of ether oxygens (including phenoxy) is 1. The highest BCUT2D eigenvalue weighted by Crippen LogP contribution is 2.42. The fraction of sp³-hybridized carbons (Fsp3) is 1.00. The Bertz CT molecular complexity index is 205. The third-order valence-corrected chi connectivity index (χ3v) is 4.73. The van der Waals surface area contributed by atoms with E-state index >= 15 is 0 Å². The van der Waals surface area contributed by atoms with Gasteiger partial charge in [-0.3, -0.25) is 0 Å². The average molecular weight is 239 g/mol. The van der Waals surface area contributed by atoms with Crippen LogP contribution in [-0.4, -0.2) is 26.3 Å². The van der Waals surface area contributed by atoms with Crippen LogP contribution >= 0.6 is 0 Å². The highest BCUT2D eigenvalue weighted by Gasteiger charge is 2.34. The lowest BCUT2D eigenvalue weighted by atomic mass is 9.68. The monoisotopic (exact) mass is 239 g/mol. The molecular weight excluding hydrogens is 210 g/mol. The third kappa shape index (κ3) is 3.96. The first-order chi connectivity index (χ1) is 8.35. The molecule has 1 saturated carbocycles. The van der Waals surface area contributed by atoms with Gasteiger partial charge in [-0.1, -0.05) is 26.2 Å². The van der Waals surface area contributed by atoms with Gasteiger partial charge in [0.15, 0.2) is 0 Å². The summed E-state index contributed by atoms with van der Waals surface area (Å²) in [6, 6.07) is 0. The van der Waals surface area contributed by atoms with Gasteiger partial charge < -0.3 is 10.1 Å². The number of hydrogen-bond acceptors (Lipinski definition) is 2. The molecular formula is C15H29NO. The summed E-state index contributed by atoms with van der Waals surface area (Å²) in [4.78, 5) is 0. The number of hydrogen-bond donors (Lipinski definition) is 1. The molecule has 100 valence electrons. The molecule has 0 radical (unpaired) electrons. The molecule has 1 saturated heterocycles.